The van der Waals surface area contributed by atoms with Gasteiger partial charge in [0.2, 0.25) is 5.91 Å². The van der Waals surface area contributed by atoms with Crippen LogP contribution in [0.5, 0.6) is 0 Å². The number of nitrogen functional groups attached to an aromatic ring is 1. The molecule has 1 saturated heterocycles. The number of nitrogens with two attached hydrogens (primary N) is 1. The monoisotopic (exact) mass is 354 g/mol. The summed E-state index contributed by atoms with van der Waals surface area (Å²) in [6.45, 7) is 1.87. The first kappa shape index (κ1) is 18.5. The first-order valence-electron chi connectivity index (χ1n) is 8.44. The zero-order valence-corrected chi connectivity index (χ0v) is 15.3. The van der Waals surface area contributed by atoms with Crippen LogP contribution in [-0.4, -0.2) is 34.4 Å². The number of benzene rings is 1. The molecule has 0 atom stereocenters. The number of rotatable bonds is 3. The van der Waals surface area contributed by atoms with Gasteiger partial charge < -0.3 is 10.6 Å². The van der Waals surface area contributed by atoms with Crippen LogP contribution in [0, 0.1) is 0 Å². The van der Waals surface area contributed by atoms with Gasteiger partial charge in [-0.15, -0.1) is 12.4 Å². The molecule has 1 aliphatic heterocycles. The topological polar surface area (TPSA) is 46.3 Å². The third-order valence-electron chi connectivity index (χ3n) is 5.03. The highest BCUT2D eigenvalue weighted by Crippen LogP contribution is 2.42. The van der Waals surface area contributed by atoms with E-state index in [4.69, 9.17) is 5.73 Å². The molecule has 2 aliphatic rings. The number of amides is 1. The quantitative estimate of drug-likeness (QED) is 0.837. The second kappa shape index (κ2) is 8.29. The van der Waals surface area contributed by atoms with Crippen LogP contribution in [0.1, 0.15) is 44.1 Å². The van der Waals surface area contributed by atoms with Crippen molar-refractivity contribution in [1.29, 1.82) is 0 Å². The van der Waals surface area contributed by atoms with Crippen LogP contribution >= 0.6 is 24.2 Å². The van der Waals surface area contributed by atoms with E-state index in [0.717, 1.165) is 36.5 Å². The van der Waals surface area contributed by atoms with Gasteiger partial charge in [0, 0.05) is 35.7 Å². The zero-order valence-electron chi connectivity index (χ0n) is 13.6. The number of hydrogen-bond acceptors (Lipinski definition) is 3. The average molecular weight is 355 g/mol. The Labute approximate surface area is 149 Å². The number of para-hydroxylation sites is 1. The van der Waals surface area contributed by atoms with Crippen molar-refractivity contribution in [2.24, 2.45) is 0 Å². The van der Waals surface area contributed by atoms with Gasteiger partial charge in [0.1, 0.15) is 0 Å². The molecule has 1 amide bonds. The molecule has 2 N–H and O–H groups in total. The van der Waals surface area contributed by atoms with Crippen molar-refractivity contribution in [3.05, 3.63) is 29.8 Å². The normalized spacial score (nSPS) is 20.1. The van der Waals surface area contributed by atoms with Gasteiger partial charge in [-0.25, -0.2) is 0 Å². The summed E-state index contributed by atoms with van der Waals surface area (Å²) < 4.78 is 0.359. The molecule has 1 aromatic rings. The second-order valence-corrected chi connectivity index (χ2v) is 8.17. The van der Waals surface area contributed by atoms with Crippen LogP contribution in [0.3, 0.4) is 0 Å². The molecule has 5 heteroatoms. The number of anilines is 1. The SMILES string of the molecule is Cl.Nc1ccccc1CCC(=O)N1CCSC2(CCCCC2)C1. The maximum atomic E-state index is 12.6. The van der Waals surface area contributed by atoms with E-state index in [1.165, 1.54) is 32.1 Å². The predicted molar refractivity (Wildman–Crippen MR) is 101 cm³/mol. The standard InChI is InChI=1S/C18H26N2OS.ClH/c19-16-7-3-2-6-15(16)8-9-17(21)20-12-13-22-18(14-20)10-4-1-5-11-18;/h2-3,6-7H,1,4-5,8-14,19H2;1H. The molecule has 128 valence electrons. The van der Waals surface area contributed by atoms with Crippen LogP contribution in [-0.2, 0) is 11.2 Å². The van der Waals surface area contributed by atoms with E-state index < -0.39 is 0 Å². The number of carbonyl (C=O) groups is 1. The Morgan fingerprint density at radius 3 is 2.70 bits per heavy atom. The van der Waals surface area contributed by atoms with Crippen LogP contribution in [0.15, 0.2) is 24.3 Å². The van der Waals surface area contributed by atoms with E-state index in [2.05, 4.69) is 16.7 Å². The Morgan fingerprint density at radius 2 is 1.96 bits per heavy atom. The maximum Gasteiger partial charge on any atom is 0.222 e. The smallest absolute Gasteiger partial charge is 0.222 e. The highest BCUT2D eigenvalue weighted by Gasteiger charge is 2.38. The van der Waals surface area contributed by atoms with Gasteiger partial charge in [-0.1, -0.05) is 37.5 Å². The van der Waals surface area contributed by atoms with Crippen molar-refractivity contribution in [3.8, 4) is 0 Å². The Kier molecular flexibility index (Phi) is 6.66. The van der Waals surface area contributed by atoms with Crippen molar-refractivity contribution in [2.75, 3.05) is 24.6 Å². The van der Waals surface area contributed by atoms with Crippen molar-refractivity contribution >= 4 is 35.8 Å². The molecule has 0 aromatic heterocycles. The number of halogens is 1. The fourth-order valence-electron chi connectivity index (χ4n) is 3.72. The summed E-state index contributed by atoms with van der Waals surface area (Å²) in [5.74, 6) is 1.40. The average Bonchev–Trinajstić information content (AvgIpc) is 2.54. The van der Waals surface area contributed by atoms with Crippen molar-refractivity contribution in [1.82, 2.24) is 4.90 Å². The fraction of sp³-hybridized carbons (Fsp3) is 0.611. The molecule has 23 heavy (non-hydrogen) atoms. The first-order chi connectivity index (χ1) is 10.7. The number of aryl methyl sites for hydroxylation is 1. The van der Waals surface area contributed by atoms with Gasteiger partial charge in [0.25, 0.3) is 0 Å². The third kappa shape index (κ3) is 4.57. The van der Waals surface area contributed by atoms with Gasteiger partial charge in [-0.2, -0.15) is 11.8 Å². The summed E-state index contributed by atoms with van der Waals surface area (Å²) in [7, 11) is 0. The largest absolute Gasteiger partial charge is 0.399 e. The third-order valence-corrected chi connectivity index (χ3v) is 6.57. The molecule has 1 heterocycles. The van der Waals surface area contributed by atoms with E-state index >= 15 is 0 Å². The molecule has 1 aromatic carbocycles. The van der Waals surface area contributed by atoms with Crippen molar-refractivity contribution in [2.45, 2.75) is 49.7 Å². The van der Waals surface area contributed by atoms with Gasteiger partial charge in [0.05, 0.1) is 0 Å². The molecule has 0 radical (unpaired) electrons. The molecular formula is C18H27ClN2OS. The Hall–Kier alpha value is -0.870. The van der Waals surface area contributed by atoms with E-state index in [-0.39, 0.29) is 12.4 Å². The lowest BCUT2D eigenvalue weighted by Crippen LogP contribution is -2.49. The molecule has 3 nitrogen and oxygen atoms in total. The summed E-state index contributed by atoms with van der Waals surface area (Å²) in [6, 6.07) is 7.87. The minimum absolute atomic E-state index is 0. The maximum absolute atomic E-state index is 12.6. The minimum Gasteiger partial charge on any atom is -0.399 e. The molecule has 1 aliphatic carbocycles. The summed E-state index contributed by atoms with van der Waals surface area (Å²) in [5, 5.41) is 0. The van der Waals surface area contributed by atoms with Crippen LogP contribution < -0.4 is 5.73 Å². The van der Waals surface area contributed by atoms with Crippen molar-refractivity contribution in [3.63, 3.8) is 0 Å². The van der Waals surface area contributed by atoms with E-state index in [0.29, 0.717) is 17.1 Å². The highest BCUT2D eigenvalue weighted by atomic mass is 35.5. The lowest BCUT2D eigenvalue weighted by Gasteiger charge is -2.44. The number of nitrogens with zero attached hydrogens (tertiary/aromatic N) is 1. The molecule has 0 bridgehead atoms. The predicted octanol–water partition coefficient (Wildman–Crippen LogP) is 3.90. The Bertz CT molecular complexity index is 526. The summed E-state index contributed by atoms with van der Waals surface area (Å²) in [6.07, 6.45) is 7.92. The number of thioether (sulfide) groups is 1. The molecule has 3 rings (SSSR count). The molecule has 1 saturated carbocycles. The lowest BCUT2D eigenvalue weighted by atomic mass is 9.87. The van der Waals surface area contributed by atoms with Crippen LogP contribution in [0.25, 0.3) is 0 Å². The lowest BCUT2D eigenvalue weighted by molar-refractivity contribution is -0.131. The van der Waals surface area contributed by atoms with Crippen LogP contribution in [0.2, 0.25) is 0 Å². The molecule has 1 spiro atoms. The molecule has 2 fully saturated rings. The van der Waals surface area contributed by atoms with Gasteiger partial charge >= 0.3 is 0 Å². The van der Waals surface area contributed by atoms with Gasteiger partial charge in [-0.3, -0.25) is 4.79 Å². The Balaban J connectivity index is 0.00000192. The highest BCUT2D eigenvalue weighted by molar-refractivity contribution is 8.00. The Morgan fingerprint density at radius 1 is 1.22 bits per heavy atom. The van der Waals surface area contributed by atoms with Crippen molar-refractivity contribution < 1.29 is 4.79 Å². The van der Waals surface area contributed by atoms with E-state index in [1.807, 2.05) is 24.3 Å². The van der Waals surface area contributed by atoms with Gasteiger partial charge in [-0.05, 0) is 30.9 Å². The zero-order chi connectivity index (χ0) is 15.4. The van der Waals surface area contributed by atoms with E-state index in [1.54, 1.807) is 0 Å². The van der Waals surface area contributed by atoms with Crippen LogP contribution in [0.4, 0.5) is 5.69 Å². The summed E-state index contributed by atoms with van der Waals surface area (Å²) >= 11 is 2.11. The molecule has 0 unspecified atom stereocenters. The summed E-state index contributed by atoms with van der Waals surface area (Å²) in [5.41, 5.74) is 7.86. The summed E-state index contributed by atoms with van der Waals surface area (Å²) in [4.78, 5) is 14.7. The second-order valence-electron chi connectivity index (χ2n) is 6.61. The fourth-order valence-corrected chi connectivity index (χ4v) is 5.29. The molecular weight excluding hydrogens is 328 g/mol. The number of hydrogen-bond donors (Lipinski definition) is 1. The van der Waals surface area contributed by atoms with E-state index in [9.17, 15) is 4.79 Å². The number of carbonyl (C=O) groups excluding carboxylic acids is 1. The van der Waals surface area contributed by atoms with Gasteiger partial charge in [0.15, 0.2) is 0 Å². The first-order valence-corrected chi connectivity index (χ1v) is 9.42. The minimum atomic E-state index is 0.